The summed E-state index contributed by atoms with van der Waals surface area (Å²) in [6.07, 6.45) is -4.41. The van der Waals surface area contributed by atoms with Crippen LogP contribution < -0.4 is 10.6 Å². The molecule has 24 heavy (non-hydrogen) atoms. The van der Waals surface area contributed by atoms with Crippen LogP contribution in [-0.2, 0) is 19.3 Å². The molecule has 2 N–H and O–H groups in total. The first kappa shape index (κ1) is 18.7. The molecule has 0 aromatic carbocycles. The molecule has 2 rings (SSSR count). The van der Waals surface area contributed by atoms with Gasteiger partial charge >= 0.3 is 6.18 Å². The fraction of sp³-hybridized carbons (Fsp3) is 0.500. The molecule has 2 aromatic heterocycles. The molecule has 0 unspecified atom stereocenters. The van der Waals surface area contributed by atoms with Gasteiger partial charge in [0.25, 0.3) is 0 Å². The van der Waals surface area contributed by atoms with E-state index in [9.17, 15) is 13.2 Å². The lowest BCUT2D eigenvalue weighted by molar-refractivity contribution is -0.140. The van der Waals surface area contributed by atoms with Gasteiger partial charge in [0, 0.05) is 17.8 Å². The monoisotopic (exact) mass is 377 g/mol. The minimum Gasteiger partial charge on any atom is -0.350 e. The largest absolute Gasteiger partial charge is 0.434 e. The third-order valence-electron chi connectivity index (χ3n) is 3.04. The van der Waals surface area contributed by atoms with E-state index in [0.29, 0.717) is 23.4 Å². The topological polar surface area (TPSA) is 62.2 Å². The zero-order valence-corrected chi connectivity index (χ0v) is 15.1. The second-order valence-corrected chi connectivity index (χ2v) is 7.11. The van der Waals surface area contributed by atoms with E-state index in [1.165, 1.54) is 0 Å². The zero-order chi connectivity index (χ0) is 17.7. The first-order chi connectivity index (χ1) is 11.3. The Bertz CT molecular complexity index is 691. The third-order valence-corrected chi connectivity index (χ3v) is 4.76. The molecule has 2 aromatic rings. The summed E-state index contributed by atoms with van der Waals surface area (Å²) < 4.78 is 37.5. The van der Waals surface area contributed by atoms with Crippen LogP contribution in [0.3, 0.4) is 0 Å². The number of nitrogens with zero attached hydrogens (tertiary/aromatic N) is 3. The highest BCUT2D eigenvalue weighted by Crippen LogP contribution is 2.29. The SMILES string of the molecule is CN=C(NCc1nc(C(C)C)cs1)NCc1nc(C(F)(F)F)cs1. The molecule has 0 saturated carbocycles. The van der Waals surface area contributed by atoms with Crippen molar-refractivity contribution in [3.05, 3.63) is 32.2 Å². The molecule has 0 bridgehead atoms. The first-order valence-electron chi connectivity index (χ1n) is 7.20. The second kappa shape index (κ2) is 7.93. The van der Waals surface area contributed by atoms with Crippen molar-refractivity contribution >= 4 is 28.6 Å². The molecule has 5 nitrogen and oxygen atoms in total. The van der Waals surface area contributed by atoms with Crippen LogP contribution in [0.2, 0.25) is 0 Å². The van der Waals surface area contributed by atoms with Gasteiger partial charge in [0.05, 0.1) is 18.8 Å². The van der Waals surface area contributed by atoms with Gasteiger partial charge in [0.2, 0.25) is 0 Å². The Labute approximate surface area is 146 Å². The Morgan fingerprint density at radius 2 is 1.71 bits per heavy atom. The van der Waals surface area contributed by atoms with Crippen LogP contribution in [0.1, 0.15) is 41.2 Å². The fourth-order valence-electron chi connectivity index (χ4n) is 1.73. The molecular formula is C14H18F3N5S2. The Balaban J connectivity index is 1.85. The average molecular weight is 377 g/mol. The van der Waals surface area contributed by atoms with Crippen LogP contribution in [0.15, 0.2) is 15.8 Å². The summed E-state index contributed by atoms with van der Waals surface area (Å²) in [5.41, 5.74) is 0.179. The summed E-state index contributed by atoms with van der Waals surface area (Å²) in [5.74, 6) is 0.861. The molecule has 10 heteroatoms. The smallest absolute Gasteiger partial charge is 0.350 e. The summed E-state index contributed by atoms with van der Waals surface area (Å²) in [6, 6.07) is 0. The first-order valence-corrected chi connectivity index (χ1v) is 8.96. The number of guanidine groups is 1. The highest BCUT2D eigenvalue weighted by molar-refractivity contribution is 7.09. The number of nitrogens with one attached hydrogen (secondary N) is 2. The molecule has 0 radical (unpaired) electrons. The molecule has 2 heterocycles. The maximum atomic E-state index is 12.5. The number of alkyl halides is 3. The van der Waals surface area contributed by atoms with E-state index in [1.807, 2.05) is 5.38 Å². The maximum Gasteiger partial charge on any atom is 0.434 e. The normalized spacial score (nSPS) is 12.7. The number of halogens is 3. The van der Waals surface area contributed by atoms with E-state index < -0.39 is 11.9 Å². The minimum atomic E-state index is -4.41. The van der Waals surface area contributed by atoms with E-state index in [4.69, 9.17) is 0 Å². The summed E-state index contributed by atoms with van der Waals surface area (Å²) in [4.78, 5) is 12.1. The van der Waals surface area contributed by atoms with Crippen LogP contribution in [-0.4, -0.2) is 23.0 Å². The number of thiazole rings is 2. The standard InChI is InChI=1S/C14H18F3N5S2/c1-8(2)9-6-23-11(21-9)4-19-13(18-3)20-5-12-22-10(7-24-12)14(15,16)17/h6-8H,4-5H2,1-3H3,(H2,18,19,20). The summed E-state index contributed by atoms with van der Waals surface area (Å²) in [6.45, 7) is 4.84. The molecular weight excluding hydrogens is 359 g/mol. The van der Waals surface area contributed by atoms with Gasteiger partial charge in [0.1, 0.15) is 10.0 Å². The predicted octanol–water partition coefficient (Wildman–Crippen LogP) is 3.61. The van der Waals surface area contributed by atoms with Crippen LogP contribution in [0.5, 0.6) is 0 Å². The van der Waals surface area contributed by atoms with Crippen molar-refractivity contribution in [1.29, 1.82) is 0 Å². The summed E-state index contributed by atoms with van der Waals surface area (Å²) >= 11 is 2.52. The number of rotatable bonds is 5. The van der Waals surface area contributed by atoms with Crippen molar-refractivity contribution in [1.82, 2.24) is 20.6 Å². The predicted molar refractivity (Wildman–Crippen MR) is 90.4 cm³/mol. The second-order valence-electron chi connectivity index (χ2n) is 5.22. The number of hydrogen-bond donors (Lipinski definition) is 2. The molecule has 0 spiro atoms. The molecule has 132 valence electrons. The highest BCUT2D eigenvalue weighted by Gasteiger charge is 2.33. The lowest BCUT2D eigenvalue weighted by Crippen LogP contribution is -2.36. The van der Waals surface area contributed by atoms with E-state index in [0.717, 1.165) is 27.4 Å². The van der Waals surface area contributed by atoms with E-state index in [-0.39, 0.29) is 6.54 Å². The molecule has 0 aliphatic carbocycles. The van der Waals surface area contributed by atoms with Crippen LogP contribution in [0.25, 0.3) is 0 Å². The van der Waals surface area contributed by atoms with Gasteiger partial charge in [-0.2, -0.15) is 13.2 Å². The molecule has 0 aliphatic rings. The van der Waals surface area contributed by atoms with Gasteiger partial charge < -0.3 is 10.6 Å². The minimum absolute atomic E-state index is 0.176. The van der Waals surface area contributed by atoms with Crippen molar-refractivity contribution in [2.45, 2.75) is 39.0 Å². The van der Waals surface area contributed by atoms with Crippen molar-refractivity contribution < 1.29 is 13.2 Å². The molecule has 0 saturated heterocycles. The van der Waals surface area contributed by atoms with Gasteiger partial charge in [-0.25, -0.2) is 9.97 Å². The number of hydrogen-bond acceptors (Lipinski definition) is 5. The quantitative estimate of drug-likeness (QED) is 0.617. The van der Waals surface area contributed by atoms with Crippen molar-refractivity contribution in [3.63, 3.8) is 0 Å². The van der Waals surface area contributed by atoms with E-state index in [2.05, 4.69) is 39.4 Å². The lowest BCUT2D eigenvalue weighted by atomic mass is 10.2. The van der Waals surface area contributed by atoms with E-state index >= 15 is 0 Å². The van der Waals surface area contributed by atoms with Gasteiger partial charge in [0.15, 0.2) is 11.7 Å². The van der Waals surface area contributed by atoms with Gasteiger partial charge in [-0.05, 0) is 5.92 Å². The fourth-order valence-corrected chi connectivity index (χ4v) is 3.37. The average Bonchev–Trinajstić information content (AvgIpc) is 3.16. The molecule has 0 aliphatic heterocycles. The third kappa shape index (κ3) is 5.17. The number of aliphatic imine (C=N–C) groups is 1. The summed E-state index contributed by atoms with van der Waals surface area (Å²) in [5, 5.41) is 10.3. The van der Waals surface area contributed by atoms with Gasteiger partial charge in [-0.15, -0.1) is 22.7 Å². The zero-order valence-electron chi connectivity index (χ0n) is 13.4. The summed E-state index contributed by atoms with van der Waals surface area (Å²) in [7, 11) is 1.60. The molecule has 0 amide bonds. The lowest BCUT2D eigenvalue weighted by Gasteiger charge is -2.09. The highest BCUT2D eigenvalue weighted by atomic mass is 32.1. The van der Waals surface area contributed by atoms with Gasteiger partial charge in [-0.1, -0.05) is 13.8 Å². The Morgan fingerprint density at radius 3 is 2.17 bits per heavy atom. The van der Waals surface area contributed by atoms with Crippen molar-refractivity contribution in [2.75, 3.05) is 7.05 Å². The Morgan fingerprint density at radius 1 is 1.12 bits per heavy atom. The van der Waals surface area contributed by atoms with Crippen LogP contribution in [0.4, 0.5) is 13.2 Å². The van der Waals surface area contributed by atoms with Crippen LogP contribution in [0, 0.1) is 0 Å². The van der Waals surface area contributed by atoms with Crippen molar-refractivity contribution in [3.8, 4) is 0 Å². The van der Waals surface area contributed by atoms with Crippen molar-refractivity contribution in [2.24, 2.45) is 4.99 Å². The van der Waals surface area contributed by atoms with Crippen LogP contribution >= 0.6 is 22.7 Å². The van der Waals surface area contributed by atoms with E-state index in [1.54, 1.807) is 18.4 Å². The maximum absolute atomic E-state index is 12.5. The Hall–Kier alpha value is -1.68. The number of aromatic nitrogens is 2. The van der Waals surface area contributed by atoms with Gasteiger partial charge in [-0.3, -0.25) is 4.99 Å². The molecule has 0 fully saturated rings. The Kier molecular flexibility index (Phi) is 6.16. The molecule has 0 atom stereocenters.